The molecule has 3 aromatic carbocycles. The SMILES string of the molecule is COc1cc2c(Oc3ccc(NC(=O)Oc4cn(C(C)C)c(=O)n(-c5ccc(F)cc5)c4=O)cc3F)ccnc2cc1O. The number of benzene rings is 3. The number of aromatic nitrogens is 3. The molecule has 220 valence electrons. The van der Waals surface area contributed by atoms with Gasteiger partial charge in [-0.2, -0.15) is 0 Å². The molecule has 13 heteroatoms. The Morgan fingerprint density at radius 2 is 1.70 bits per heavy atom. The third-order valence-corrected chi connectivity index (χ3v) is 6.33. The third kappa shape index (κ3) is 5.86. The van der Waals surface area contributed by atoms with Gasteiger partial charge in [-0.15, -0.1) is 0 Å². The lowest BCUT2D eigenvalue weighted by molar-refractivity contribution is 0.213. The minimum Gasteiger partial charge on any atom is -0.504 e. The number of pyridine rings is 1. The van der Waals surface area contributed by atoms with Gasteiger partial charge in [-0.1, -0.05) is 0 Å². The Balaban J connectivity index is 1.38. The maximum Gasteiger partial charge on any atom is 0.417 e. The average molecular weight is 591 g/mol. The predicted molar refractivity (Wildman–Crippen MR) is 153 cm³/mol. The van der Waals surface area contributed by atoms with Crippen LogP contribution in [0.5, 0.6) is 28.7 Å². The largest absolute Gasteiger partial charge is 0.504 e. The van der Waals surface area contributed by atoms with Crippen LogP contribution in [-0.4, -0.2) is 32.4 Å². The van der Waals surface area contributed by atoms with E-state index in [0.717, 1.165) is 29.0 Å². The maximum absolute atomic E-state index is 15.0. The summed E-state index contributed by atoms with van der Waals surface area (Å²) in [5.41, 5.74) is -1.22. The lowest BCUT2D eigenvalue weighted by Crippen LogP contribution is -2.40. The summed E-state index contributed by atoms with van der Waals surface area (Å²) in [6.45, 7) is 3.37. The first-order chi connectivity index (χ1) is 20.5. The fourth-order valence-corrected chi connectivity index (χ4v) is 4.22. The fraction of sp³-hybridized carbons (Fsp3) is 0.133. The van der Waals surface area contributed by atoms with Crippen molar-refractivity contribution in [3.63, 3.8) is 0 Å². The minimum atomic E-state index is -1.13. The number of carbonyl (C=O) groups excluding carboxylic acids is 1. The normalized spacial score (nSPS) is 11.0. The highest BCUT2D eigenvalue weighted by atomic mass is 19.1. The molecule has 43 heavy (non-hydrogen) atoms. The Morgan fingerprint density at radius 3 is 2.37 bits per heavy atom. The van der Waals surface area contributed by atoms with Crippen molar-refractivity contribution in [1.29, 1.82) is 0 Å². The van der Waals surface area contributed by atoms with Crippen LogP contribution < -0.4 is 30.8 Å². The summed E-state index contributed by atoms with van der Waals surface area (Å²) in [7, 11) is 1.39. The van der Waals surface area contributed by atoms with E-state index in [9.17, 15) is 23.9 Å². The van der Waals surface area contributed by atoms with E-state index in [1.807, 2.05) is 0 Å². The molecule has 0 aliphatic heterocycles. The number of fused-ring (bicyclic) bond motifs is 1. The van der Waals surface area contributed by atoms with Crippen molar-refractivity contribution in [1.82, 2.24) is 14.1 Å². The van der Waals surface area contributed by atoms with Gasteiger partial charge < -0.3 is 19.3 Å². The number of methoxy groups -OCH3 is 1. The van der Waals surface area contributed by atoms with Gasteiger partial charge in [0.05, 0.1) is 24.5 Å². The molecule has 5 rings (SSSR count). The van der Waals surface area contributed by atoms with Crippen LogP contribution in [0.3, 0.4) is 0 Å². The molecule has 0 atom stereocenters. The van der Waals surface area contributed by atoms with E-state index in [2.05, 4.69) is 10.3 Å². The van der Waals surface area contributed by atoms with E-state index < -0.39 is 40.8 Å². The molecule has 2 heterocycles. The zero-order valence-electron chi connectivity index (χ0n) is 23.0. The molecular weight excluding hydrogens is 566 g/mol. The summed E-state index contributed by atoms with van der Waals surface area (Å²) in [5, 5.41) is 12.8. The monoisotopic (exact) mass is 590 g/mol. The van der Waals surface area contributed by atoms with E-state index >= 15 is 4.39 Å². The smallest absolute Gasteiger partial charge is 0.417 e. The number of phenolic OH excluding ortho intramolecular Hbond substituents is 1. The van der Waals surface area contributed by atoms with Gasteiger partial charge >= 0.3 is 17.3 Å². The molecule has 2 aromatic heterocycles. The van der Waals surface area contributed by atoms with E-state index in [-0.39, 0.29) is 34.4 Å². The number of nitrogens with one attached hydrogen (secondary N) is 1. The summed E-state index contributed by atoms with van der Waals surface area (Å²) in [6, 6.07) is 12.2. The van der Waals surface area contributed by atoms with E-state index in [0.29, 0.717) is 10.9 Å². The quantitative estimate of drug-likeness (QED) is 0.253. The number of aromatic hydroxyl groups is 1. The van der Waals surface area contributed by atoms with Gasteiger partial charge in [0.1, 0.15) is 11.6 Å². The third-order valence-electron chi connectivity index (χ3n) is 6.33. The highest BCUT2D eigenvalue weighted by molar-refractivity contribution is 5.88. The molecule has 0 spiro atoms. The molecule has 0 bridgehead atoms. The number of rotatable bonds is 7. The summed E-state index contributed by atoms with van der Waals surface area (Å²) >= 11 is 0. The van der Waals surface area contributed by atoms with Crippen molar-refractivity contribution in [2.24, 2.45) is 0 Å². The van der Waals surface area contributed by atoms with Crippen molar-refractivity contribution < 1.29 is 32.9 Å². The average Bonchev–Trinajstić information content (AvgIpc) is 2.96. The lowest BCUT2D eigenvalue weighted by Gasteiger charge is -2.16. The molecule has 5 aromatic rings. The summed E-state index contributed by atoms with van der Waals surface area (Å²) in [5.74, 6) is -1.76. The molecular formula is C30H24F2N4O7. The number of ether oxygens (including phenoxy) is 3. The molecule has 1 amide bonds. The molecule has 0 saturated heterocycles. The van der Waals surface area contributed by atoms with Crippen LogP contribution in [0.25, 0.3) is 16.6 Å². The number of hydrogen-bond acceptors (Lipinski definition) is 8. The summed E-state index contributed by atoms with van der Waals surface area (Å²) in [6.07, 6.45) is 1.40. The van der Waals surface area contributed by atoms with Gasteiger partial charge in [0.25, 0.3) is 0 Å². The number of hydrogen-bond donors (Lipinski definition) is 2. The number of phenols is 1. The van der Waals surface area contributed by atoms with Crippen molar-refractivity contribution in [2.45, 2.75) is 19.9 Å². The number of anilines is 1. The van der Waals surface area contributed by atoms with Gasteiger partial charge in [-0.3, -0.25) is 19.7 Å². The van der Waals surface area contributed by atoms with Crippen molar-refractivity contribution >= 4 is 22.7 Å². The van der Waals surface area contributed by atoms with Gasteiger partial charge in [0.2, 0.25) is 5.75 Å². The van der Waals surface area contributed by atoms with Gasteiger partial charge in [-0.25, -0.2) is 22.9 Å². The standard InChI is InChI=1S/C30H24F2N4O7/c1-16(2)35-15-27(28(38)36(30(35)40)19-7-4-17(31)5-8-19)43-29(39)34-18-6-9-25(21(32)12-18)42-24-10-11-33-22-14-23(37)26(41-3)13-20(22)24/h4-16,37H,1-3H3,(H,34,39). The predicted octanol–water partition coefficient (Wildman–Crippen LogP) is 5.52. The number of nitrogens with zero attached hydrogens (tertiary/aromatic N) is 3. The highest BCUT2D eigenvalue weighted by Gasteiger charge is 2.19. The summed E-state index contributed by atoms with van der Waals surface area (Å²) in [4.78, 5) is 42.9. The summed E-state index contributed by atoms with van der Waals surface area (Å²) < 4.78 is 46.5. The van der Waals surface area contributed by atoms with Crippen LogP contribution in [-0.2, 0) is 0 Å². The van der Waals surface area contributed by atoms with Crippen LogP contribution in [0.4, 0.5) is 19.3 Å². The first-order valence-electron chi connectivity index (χ1n) is 12.8. The molecule has 11 nitrogen and oxygen atoms in total. The number of carbonyl (C=O) groups is 1. The second-order valence-electron chi connectivity index (χ2n) is 9.51. The van der Waals surface area contributed by atoms with E-state index in [1.54, 1.807) is 13.8 Å². The Labute approximate surface area is 242 Å². The van der Waals surface area contributed by atoms with E-state index in [1.165, 1.54) is 60.3 Å². The number of halogens is 2. The maximum atomic E-state index is 15.0. The Bertz CT molecular complexity index is 1970. The van der Waals surface area contributed by atoms with Crippen molar-refractivity contribution in [3.05, 3.63) is 106 Å². The topological polar surface area (TPSA) is 134 Å². The van der Waals surface area contributed by atoms with Crippen LogP contribution in [0.15, 0.2) is 82.6 Å². The van der Waals surface area contributed by atoms with Crippen LogP contribution in [0, 0.1) is 11.6 Å². The second kappa shape index (κ2) is 11.6. The molecule has 0 aliphatic carbocycles. The first-order valence-corrected chi connectivity index (χ1v) is 12.8. The zero-order chi connectivity index (χ0) is 30.8. The molecule has 2 N–H and O–H groups in total. The Morgan fingerprint density at radius 1 is 0.953 bits per heavy atom. The van der Waals surface area contributed by atoms with Crippen LogP contribution >= 0.6 is 0 Å². The first kappa shape index (κ1) is 28.8. The van der Waals surface area contributed by atoms with Crippen LogP contribution in [0.2, 0.25) is 0 Å². The zero-order valence-corrected chi connectivity index (χ0v) is 23.0. The van der Waals surface area contributed by atoms with Crippen LogP contribution in [0.1, 0.15) is 19.9 Å². The van der Waals surface area contributed by atoms with Gasteiger partial charge in [0.15, 0.2) is 23.1 Å². The van der Waals surface area contributed by atoms with Crippen molar-refractivity contribution in [3.8, 4) is 34.4 Å². The lowest BCUT2D eigenvalue weighted by atomic mass is 10.2. The molecule has 0 radical (unpaired) electrons. The fourth-order valence-electron chi connectivity index (χ4n) is 4.22. The van der Waals surface area contributed by atoms with E-state index in [4.69, 9.17) is 14.2 Å². The van der Waals surface area contributed by atoms with Crippen molar-refractivity contribution in [2.75, 3.05) is 12.4 Å². The molecule has 0 saturated carbocycles. The molecule has 0 aliphatic rings. The Kier molecular flexibility index (Phi) is 7.80. The molecule has 0 unspecified atom stereocenters. The Hall–Kier alpha value is -5.72. The second-order valence-corrected chi connectivity index (χ2v) is 9.51. The van der Waals surface area contributed by atoms with Gasteiger partial charge in [0, 0.05) is 35.4 Å². The number of amides is 1. The highest BCUT2D eigenvalue weighted by Crippen LogP contribution is 2.37. The molecule has 0 fully saturated rings. The minimum absolute atomic E-state index is 0.0166. The van der Waals surface area contributed by atoms with Gasteiger partial charge in [-0.05, 0) is 62.4 Å².